The maximum absolute atomic E-state index is 10.9. The number of hydrogen-bond donors (Lipinski definition) is 0. The third kappa shape index (κ3) is 2.90. The minimum atomic E-state index is -0.495. The highest BCUT2D eigenvalue weighted by Gasteiger charge is 2.13. The molecule has 1 unspecified atom stereocenters. The fourth-order valence-corrected chi connectivity index (χ4v) is 1.87. The van der Waals surface area contributed by atoms with Gasteiger partial charge in [-0.05, 0) is 44.5 Å². The predicted molar refractivity (Wildman–Crippen MR) is 69.6 cm³/mol. The van der Waals surface area contributed by atoms with Crippen LogP contribution < -0.4 is 4.90 Å². The molecular weight excluding hydrogens is 216 g/mol. The summed E-state index contributed by atoms with van der Waals surface area (Å²) in [5.41, 5.74) is 2.25. The van der Waals surface area contributed by atoms with Gasteiger partial charge >= 0.3 is 0 Å². The van der Waals surface area contributed by atoms with Gasteiger partial charge in [-0.15, -0.1) is 0 Å². The van der Waals surface area contributed by atoms with E-state index >= 15 is 0 Å². The molecule has 0 aliphatic carbocycles. The van der Waals surface area contributed by atoms with Gasteiger partial charge in [0.15, 0.2) is 0 Å². The van der Waals surface area contributed by atoms with Gasteiger partial charge in [-0.3, -0.25) is 4.79 Å². The molecule has 0 heterocycles. The Kier molecular flexibility index (Phi) is 4.82. The van der Waals surface area contributed by atoms with Crippen molar-refractivity contribution in [3.8, 4) is 0 Å². The highest BCUT2D eigenvalue weighted by atomic mass is 16.3. The first-order chi connectivity index (χ1) is 8.17. The molecule has 0 saturated carbocycles. The Morgan fingerprint density at radius 3 is 2.47 bits per heavy atom. The second-order valence-electron chi connectivity index (χ2n) is 3.88. The van der Waals surface area contributed by atoms with Crippen LogP contribution in [0.1, 0.15) is 42.7 Å². The summed E-state index contributed by atoms with van der Waals surface area (Å²) in [5.74, 6) is 0. The zero-order chi connectivity index (χ0) is 12.8. The van der Waals surface area contributed by atoms with Crippen molar-refractivity contribution >= 4 is 12.0 Å². The summed E-state index contributed by atoms with van der Waals surface area (Å²) >= 11 is 0. The van der Waals surface area contributed by atoms with Gasteiger partial charge in [-0.25, -0.2) is 0 Å². The molecule has 1 rings (SSSR count). The number of carbonyl (C=O) groups is 1. The minimum absolute atomic E-state index is 0.495. The maximum Gasteiger partial charge on any atom is 0.150 e. The third-order valence-corrected chi connectivity index (χ3v) is 2.93. The molecular formula is C13H18N2O2. The number of nitroso groups, excluding NO2 is 1. The molecule has 0 N–H and O–H groups in total. The fourth-order valence-electron chi connectivity index (χ4n) is 1.87. The normalized spacial score (nSPS) is 11.9. The van der Waals surface area contributed by atoms with Crippen molar-refractivity contribution in [3.05, 3.63) is 34.2 Å². The topological polar surface area (TPSA) is 49.7 Å². The van der Waals surface area contributed by atoms with Crippen LogP contribution in [0.25, 0.3) is 0 Å². The maximum atomic E-state index is 10.9. The zero-order valence-electron chi connectivity index (χ0n) is 10.5. The van der Waals surface area contributed by atoms with E-state index in [-0.39, 0.29) is 0 Å². The fraction of sp³-hybridized carbons (Fsp3) is 0.462. The molecule has 4 heteroatoms. The van der Waals surface area contributed by atoms with Crippen LogP contribution in [0.5, 0.6) is 0 Å². The molecule has 1 atom stereocenters. The van der Waals surface area contributed by atoms with Gasteiger partial charge in [0.1, 0.15) is 12.3 Å². The number of carbonyl (C=O) groups excluding carboxylic acids is 1. The average Bonchev–Trinajstić information content (AvgIpc) is 2.39. The third-order valence-electron chi connectivity index (χ3n) is 2.93. The first-order valence-electron chi connectivity index (χ1n) is 5.84. The van der Waals surface area contributed by atoms with Crippen molar-refractivity contribution in [1.29, 1.82) is 0 Å². The lowest BCUT2D eigenvalue weighted by atomic mass is 10.0. The average molecular weight is 234 g/mol. The summed E-state index contributed by atoms with van der Waals surface area (Å²) in [5, 5.41) is 2.99. The summed E-state index contributed by atoms with van der Waals surface area (Å²) < 4.78 is 0. The van der Waals surface area contributed by atoms with Crippen molar-refractivity contribution in [3.63, 3.8) is 0 Å². The van der Waals surface area contributed by atoms with Crippen molar-refractivity contribution in [1.82, 2.24) is 0 Å². The molecule has 4 nitrogen and oxygen atoms in total. The molecule has 1 aromatic carbocycles. The van der Waals surface area contributed by atoms with Crippen LogP contribution in [-0.2, 0) is 0 Å². The van der Waals surface area contributed by atoms with Crippen molar-refractivity contribution < 1.29 is 4.79 Å². The number of benzene rings is 1. The monoisotopic (exact) mass is 234 g/mol. The molecule has 92 valence electrons. The predicted octanol–water partition coefficient (Wildman–Crippen LogP) is 3.17. The quantitative estimate of drug-likeness (QED) is 0.561. The lowest BCUT2D eigenvalue weighted by molar-refractivity contribution is 0.112. The van der Waals surface area contributed by atoms with Gasteiger partial charge in [0.25, 0.3) is 0 Å². The van der Waals surface area contributed by atoms with E-state index in [0.29, 0.717) is 11.1 Å². The number of hydrogen-bond acceptors (Lipinski definition) is 4. The number of rotatable bonds is 6. The van der Waals surface area contributed by atoms with Crippen LogP contribution in [0, 0.1) is 4.91 Å². The van der Waals surface area contributed by atoms with Gasteiger partial charge in [0.2, 0.25) is 0 Å². The van der Waals surface area contributed by atoms with Crippen molar-refractivity contribution in [2.24, 2.45) is 5.18 Å². The smallest absolute Gasteiger partial charge is 0.150 e. The van der Waals surface area contributed by atoms with E-state index in [1.165, 1.54) is 0 Å². The van der Waals surface area contributed by atoms with Crippen LogP contribution in [0.4, 0.5) is 5.69 Å². The number of nitrogens with zero attached hydrogens (tertiary/aromatic N) is 2. The number of aldehydes is 1. The van der Waals surface area contributed by atoms with Gasteiger partial charge in [0, 0.05) is 24.3 Å². The van der Waals surface area contributed by atoms with Gasteiger partial charge in [-0.2, -0.15) is 4.91 Å². The first kappa shape index (κ1) is 13.4. The minimum Gasteiger partial charge on any atom is -0.372 e. The van der Waals surface area contributed by atoms with Gasteiger partial charge in [0.05, 0.1) is 0 Å². The highest BCUT2D eigenvalue weighted by Crippen LogP contribution is 2.25. The Hall–Kier alpha value is -1.71. The Morgan fingerprint density at radius 1 is 1.35 bits per heavy atom. The van der Waals surface area contributed by atoms with Crippen molar-refractivity contribution in [2.45, 2.75) is 26.8 Å². The van der Waals surface area contributed by atoms with Crippen LogP contribution in [-0.4, -0.2) is 19.4 Å². The highest BCUT2D eigenvalue weighted by molar-refractivity contribution is 5.79. The number of anilines is 1. The second-order valence-corrected chi connectivity index (χ2v) is 3.88. The van der Waals surface area contributed by atoms with Crippen molar-refractivity contribution in [2.75, 3.05) is 18.0 Å². The largest absolute Gasteiger partial charge is 0.372 e. The Morgan fingerprint density at radius 2 is 2.00 bits per heavy atom. The second kappa shape index (κ2) is 6.13. The summed E-state index contributed by atoms with van der Waals surface area (Å²) in [6.45, 7) is 7.61. The summed E-state index contributed by atoms with van der Waals surface area (Å²) in [6.07, 6.45) is 0.767. The SMILES string of the molecule is CCN(CC)c1ccc(C=O)c(C(C)N=O)c1. The lowest BCUT2D eigenvalue weighted by Gasteiger charge is -2.22. The lowest BCUT2D eigenvalue weighted by Crippen LogP contribution is -2.22. The zero-order valence-corrected chi connectivity index (χ0v) is 10.5. The van der Waals surface area contributed by atoms with Crippen LogP contribution in [0.3, 0.4) is 0 Å². The van der Waals surface area contributed by atoms with E-state index in [1.54, 1.807) is 13.0 Å². The Bertz CT molecular complexity index is 400. The summed E-state index contributed by atoms with van der Waals surface area (Å²) in [6, 6.07) is 5.03. The van der Waals surface area contributed by atoms with E-state index < -0.39 is 6.04 Å². The Balaban J connectivity index is 3.20. The first-order valence-corrected chi connectivity index (χ1v) is 5.84. The molecule has 0 bridgehead atoms. The molecule has 0 fully saturated rings. The van der Waals surface area contributed by atoms with Gasteiger partial charge < -0.3 is 4.90 Å². The van der Waals surface area contributed by atoms with Gasteiger partial charge in [-0.1, -0.05) is 5.18 Å². The molecule has 0 spiro atoms. The Labute approximate surface area is 102 Å². The van der Waals surface area contributed by atoms with E-state index in [9.17, 15) is 9.70 Å². The molecule has 17 heavy (non-hydrogen) atoms. The van der Waals surface area contributed by atoms with E-state index in [4.69, 9.17) is 0 Å². The van der Waals surface area contributed by atoms with Crippen LogP contribution in [0.15, 0.2) is 23.4 Å². The molecule has 1 aromatic rings. The standard InChI is InChI=1S/C13H18N2O2/c1-4-15(5-2)12-7-6-11(9-16)13(8-12)10(3)14-17/h6-10H,4-5H2,1-3H3. The molecule has 0 aromatic heterocycles. The van der Waals surface area contributed by atoms with Crippen LogP contribution in [0.2, 0.25) is 0 Å². The van der Waals surface area contributed by atoms with E-state index in [2.05, 4.69) is 23.9 Å². The summed E-state index contributed by atoms with van der Waals surface area (Å²) in [7, 11) is 0. The van der Waals surface area contributed by atoms with E-state index in [1.807, 2.05) is 12.1 Å². The molecule has 0 saturated heterocycles. The molecule has 0 aliphatic heterocycles. The molecule has 0 aliphatic rings. The summed E-state index contributed by atoms with van der Waals surface area (Å²) in [4.78, 5) is 23.7. The molecule has 0 radical (unpaired) electrons. The van der Waals surface area contributed by atoms with E-state index in [0.717, 1.165) is 25.1 Å². The molecule has 0 amide bonds. The van der Waals surface area contributed by atoms with Crippen LogP contribution >= 0.6 is 0 Å².